The molecule has 2 amide bonds. The van der Waals surface area contributed by atoms with Crippen molar-refractivity contribution in [3.05, 3.63) is 35.9 Å². The van der Waals surface area contributed by atoms with Crippen LogP contribution in [-0.2, 0) is 4.79 Å². The van der Waals surface area contributed by atoms with E-state index in [-0.39, 0.29) is 17.9 Å². The molecule has 1 saturated heterocycles. The van der Waals surface area contributed by atoms with Crippen molar-refractivity contribution in [2.24, 2.45) is 11.8 Å². The van der Waals surface area contributed by atoms with Crippen LogP contribution in [-0.4, -0.2) is 48.4 Å². The summed E-state index contributed by atoms with van der Waals surface area (Å²) in [6.45, 7) is 6.72. The fraction of sp³-hybridized carbons (Fsp3) is 0.636. The van der Waals surface area contributed by atoms with Gasteiger partial charge in [-0.2, -0.15) is 0 Å². The fourth-order valence-electron chi connectivity index (χ4n) is 4.33. The topological polar surface area (TPSA) is 61.4 Å². The molecular formula is C22H33N3O2. The number of nitrogens with one attached hydrogen (secondary N) is 2. The molecule has 1 aromatic carbocycles. The second-order valence-electron chi connectivity index (χ2n) is 8.33. The van der Waals surface area contributed by atoms with E-state index in [0.29, 0.717) is 30.0 Å². The van der Waals surface area contributed by atoms with E-state index >= 15 is 0 Å². The van der Waals surface area contributed by atoms with E-state index in [4.69, 9.17) is 0 Å². The predicted molar refractivity (Wildman–Crippen MR) is 107 cm³/mol. The zero-order valence-corrected chi connectivity index (χ0v) is 16.6. The molecule has 27 heavy (non-hydrogen) atoms. The van der Waals surface area contributed by atoms with Gasteiger partial charge >= 0.3 is 0 Å². The van der Waals surface area contributed by atoms with Crippen molar-refractivity contribution in [2.75, 3.05) is 19.6 Å². The molecule has 0 aromatic heterocycles. The largest absolute Gasteiger partial charge is 0.352 e. The highest BCUT2D eigenvalue weighted by Gasteiger charge is 2.29. The van der Waals surface area contributed by atoms with Crippen molar-refractivity contribution >= 4 is 11.8 Å². The molecular weight excluding hydrogens is 338 g/mol. The number of nitrogens with zero attached hydrogens (tertiary/aromatic N) is 1. The number of hydrogen-bond acceptors (Lipinski definition) is 3. The van der Waals surface area contributed by atoms with E-state index in [1.807, 2.05) is 30.3 Å². The quantitative estimate of drug-likeness (QED) is 0.837. The van der Waals surface area contributed by atoms with E-state index < -0.39 is 0 Å². The average molecular weight is 372 g/mol. The molecule has 0 spiro atoms. The van der Waals surface area contributed by atoms with E-state index in [1.165, 1.54) is 12.8 Å². The first-order valence-electron chi connectivity index (χ1n) is 10.4. The van der Waals surface area contributed by atoms with E-state index in [2.05, 4.69) is 29.4 Å². The minimum Gasteiger partial charge on any atom is -0.352 e. The van der Waals surface area contributed by atoms with Gasteiger partial charge in [0.25, 0.3) is 5.91 Å². The van der Waals surface area contributed by atoms with Gasteiger partial charge in [0.1, 0.15) is 0 Å². The number of carbonyl (C=O) groups is 2. The lowest BCUT2D eigenvalue weighted by Gasteiger charge is -2.36. The van der Waals surface area contributed by atoms with E-state index in [1.54, 1.807) is 0 Å². The van der Waals surface area contributed by atoms with Gasteiger partial charge in [-0.1, -0.05) is 44.9 Å². The summed E-state index contributed by atoms with van der Waals surface area (Å²) in [6, 6.07) is 9.85. The van der Waals surface area contributed by atoms with Gasteiger partial charge < -0.3 is 10.6 Å². The molecule has 2 fully saturated rings. The van der Waals surface area contributed by atoms with Gasteiger partial charge in [-0.3, -0.25) is 14.5 Å². The Balaban J connectivity index is 1.39. The molecule has 2 aliphatic rings. The number of rotatable bonds is 5. The number of hydrogen-bond donors (Lipinski definition) is 2. The van der Waals surface area contributed by atoms with Gasteiger partial charge in [0, 0.05) is 30.7 Å². The van der Waals surface area contributed by atoms with Crippen LogP contribution in [0.5, 0.6) is 0 Å². The third-order valence-corrected chi connectivity index (χ3v) is 6.38. The third kappa shape index (κ3) is 5.55. The standard InChI is InChI=1S/C22H33N3O2/c1-16-7-6-10-20(17(16)2)24-21(26)15-25-13-11-19(12-14-25)23-22(27)18-8-4-3-5-9-18/h3-5,8-9,16-17,19-20H,6-7,10-15H2,1-2H3,(H,23,27)(H,24,26). The SMILES string of the molecule is CC1CCCC(NC(=O)CN2CCC(NC(=O)c3ccccc3)CC2)C1C. The molecule has 5 nitrogen and oxygen atoms in total. The Kier molecular flexibility index (Phi) is 6.89. The summed E-state index contributed by atoms with van der Waals surface area (Å²) in [5, 5.41) is 6.38. The van der Waals surface area contributed by atoms with Crippen molar-refractivity contribution in [1.82, 2.24) is 15.5 Å². The molecule has 1 aliphatic heterocycles. The minimum absolute atomic E-state index is 0.00722. The molecule has 3 rings (SSSR count). The lowest BCUT2D eigenvalue weighted by atomic mass is 9.78. The second kappa shape index (κ2) is 9.36. The molecule has 1 saturated carbocycles. The summed E-state index contributed by atoms with van der Waals surface area (Å²) in [5.41, 5.74) is 0.704. The predicted octanol–water partition coefficient (Wildman–Crippen LogP) is 2.82. The molecule has 0 radical (unpaired) electrons. The second-order valence-corrected chi connectivity index (χ2v) is 8.33. The summed E-state index contributed by atoms with van der Waals surface area (Å²) in [5.74, 6) is 1.38. The Morgan fingerprint density at radius 1 is 1.00 bits per heavy atom. The Labute approximate surface area is 162 Å². The molecule has 3 unspecified atom stereocenters. The van der Waals surface area contributed by atoms with Crippen LogP contribution in [0, 0.1) is 11.8 Å². The van der Waals surface area contributed by atoms with Crippen LogP contribution in [0.15, 0.2) is 30.3 Å². The van der Waals surface area contributed by atoms with Crippen LogP contribution in [0.4, 0.5) is 0 Å². The van der Waals surface area contributed by atoms with Gasteiger partial charge in [-0.25, -0.2) is 0 Å². The maximum atomic E-state index is 12.5. The maximum absolute atomic E-state index is 12.5. The highest BCUT2D eigenvalue weighted by atomic mass is 16.2. The number of likely N-dealkylation sites (tertiary alicyclic amines) is 1. The highest BCUT2D eigenvalue weighted by Crippen LogP contribution is 2.29. The number of benzene rings is 1. The molecule has 0 bridgehead atoms. The lowest BCUT2D eigenvalue weighted by molar-refractivity contribution is -0.124. The first-order valence-corrected chi connectivity index (χ1v) is 10.4. The highest BCUT2D eigenvalue weighted by molar-refractivity contribution is 5.94. The molecule has 1 aliphatic carbocycles. The van der Waals surface area contributed by atoms with Gasteiger partial charge in [0.2, 0.25) is 5.91 Å². The van der Waals surface area contributed by atoms with Crippen molar-refractivity contribution in [2.45, 2.75) is 58.0 Å². The molecule has 1 aromatic rings. The molecule has 5 heteroatoms. The zero-order valence-electron chi connectivity index (χ0n) is 16.6. The van der Waals surface area contributed by atoms with Gasteiger partial charge in [0.15, 0.2) is 0 Å². The first-order chi connectivity index (χ1) is 13.0. The Hall–Kier alpha value is -1.88. The lowest BCUT2D eigenvalue weighted by Crippen LogP contribution is -2.50. The molecule has 2 N–H and O–H groups in total. The average Bonchev–Trinajstić information content (AvgIpc) is 2.67. The summed E-state index contributed by atoms with van der Waals surface area (Å²) in [4.78, 5) is 26.9. The minimum atomic E-state index is -0.00722. The fourth-order valence-corrected chi connectivity index (χ4v) is 4.33. The van der Waals surface area contributed by atoms with Gasteiger partial charge in [-0.05, 0) is 43.2 Å². The molecule has 1 heterocycles. The van der Waals surface area contributed by atoms with E-state index in [9.17, 15) is 9.59 Å². The monoisotopic (exact) mass is 371 g/mol. The van der Waals surface area contributed by atoms with Crippen LogP contribution >= 0.6 is 0 Å². The van der Waals surface area contributed by atoms with Crippen molar-refractivity contribution in [1.29, 1.82) is 0 Å². The Morgan fingerprint density at radius 2 is 1.70 bits per heavy atom. The zero-order chi connectivity index (χ0) is 19.2. The van der Waals surface area contributed by atoms with Crippen molar-refractivity contribution in [3.8, 4) is 0 Å². The number of amides is 2. The molecule has 148 valence electrons. The summed E-state index contributed by atoms with van der Waals surface area (Å²) in [6.07, 6.45) is 5.37. The van der Waals surface area contributed by atoms with Crippen molar-refractivity contribution in [3.63, 3.8) is 0 Å². The van der Waals surface area contributed by atoms with Crippen LogP contribution in [0.25, 0.3) is 0 Å². The van der Waals surface area contributed by atoms with Crippen LogP contribution in [0.2, 0.25) is 0 Å². The Morgan fingerprint density at radius 3 is 2.41 bits per heavy atom. The van der Waals surface area contributed by atoms with Gasteiger partial charge in [-0.15, -0.1) is 0 Å². The summed E-state index contributed by atoms with van der Waals surface area (Å²) < 4.78 is 0. The number of piperidine rings is 1. The summed E-state index contributed by atoms with van der Waals surface area (Å²) in [7, 11) is 0. The normalized spacial score (nSPS) is 27.1. The maximum Gasteiger partial charge on any atom is 0.251 e. The van der Waals surface area contributed by atoms with Crippen molar-refractivity contribution < 1.29 is 9.59 Å². The summed E-state index contributed by atoms with van der Waals surface area (Å²) >= 11 is 0. The first kappa shape index (κ1) is 19.9. The smallest absolute Gasteiger partial charge is 0.251 e. The van der Waals surface area contributed by atoms with Crippen LogP contribution in [0.1, 0.15) is 56.3 Å². The van der Waals surface area contributed by atoms with Gasteiger partial charge in [0.05, 0.1) is 6.54 Å². The van der Waals surface area contributed by atoms with E-state index in [0.717, 1.165) is 32.4 Å². The number of carbonyl (C=O) groups excluding carboxylic acids is 2. The van der Waals surface area contributed by atoms with Crippen LogP contribution in [0.3, 0.4) is 0 Å². The third-order valence-electron chi connectivity index (χ3n) is 6.38. The Bertz CT molecular complexity index is 626. The van der Waals surface area contributed by atoms with Crippen LogP contribution < -0.4 is 10.6 Å². The molecule has 3 atom stereocenters.